The van der Waals surface area contributed by atoms with Crippen molar-refractivity contribution >= 4 is 29.4 Å². The van der Waals surface area contributed by atoms with Crippen molar-refractivity contribution in [3.8, 4) is 0 Å². The number of nitrogen functional groups attached to an aromatic ring is 1. The molecule has 1 aliphatic heterocycles. The highest BCUT2D eigenvalue weighted by Crippen LogP contribution is 2.34. The first kappa shape index (κ1) is 25.7. The van der Waals surface area contributed by atoms with Crippen molar-refractivity contribution in [2.75, 3.05) is 17.7 Å². The number of aromatic nitrogens is 1. The summed E-state index contributed by atoms with van der Waals surface area (Å²) in [4.78, 5) is 47.2. The van der Waals surface area contributed by atoms with Crippen molar-refractivity contribution < 1.29 is 14.4 Å². The van der Waals surface area contributed by atoms with Gasteiger partial charge in [0.05, 0.1) is 5.92 Å². The zero-order chi connectivity index (χ0) is 25.8. The molecule has 1 aromatic heterocycles. The Bertz CT molecular complexity index is 1080. The third kappa shape index (κ3) is 5.37. The van der Waals surface area contributed by atoms with Gasteiger partial charge in [0.2, 0.25) is 5.91 Å². The van der Waals surface area contributed by atoms with E-state index in [0.717, 1.165) is 36.1 Å². The standard InChI is InChI=1S/C28H37N5O3/c1-18(2)24(20-10-6-4-7-11-20)31-28(36)33-25(27(35)32(3)21-12-8-5-9-13-21)22(26(33)34)16-19-14-15-30-23(29)17-19/h5,8-9,12-15,17-18,20,22,24-25H,4,6-7,10-11,16H2,1-3H3,(H2,29,30)(H,31,36)/t22-,24-,25+/m1/s1. The van der Waals surface area contributed by atoms with Gasteiger partial charge in [0, 0.05) is 25.0 Å². The van der Waals surface area contributed by atoms with Gasteiger partial charge in [-0.05, 0) is 60.9 Å². The van der Waals surface area contributed by atoms with E-state index in [0.29, 0.717) is 23.8 Å². The van der Waals surface area contributed by atoms with Crippen LogP contribution >= 0.6 is 0 Å². The third-order valence-corrected chi connectivity index (χ3v) is 7.63. The molecule has 1 aliphatic carbocycles. The summed E-state index contributed by atoms with van der Waals surface area (Å²) in [6.45, 7) is 4.19. The van der Waals surface area contributed by atoms with Crippen LogP contribution in [0.4, 0.5) is 16.3 Å². The van der Waals surface area contributed by atoms with Crippen molar-refractivity contribution in [3.63, 3.8) is 0 Å². The number of rotatable bonds is 7. The number of β-lactam (4-membered cyclic amide) rings is 1. The average Bonchev–Trinajstić information content (AvgIpc) is 2.88. The van der Waals surface area contributed by atoms with E-state index in [1.807, 2.05) is 30.3 Å². The summed E-state index contributed by atoms with van der Waals surface area (Å²) in [6.07, 6.45) is 7.58. The van der Waals surface area contributed by atoms with Crippen LogP contribution in [0.25, 0.3) is 0 Å². The topological polar surface area (TPSA) is 109 Å². The Morgan fingerprint density at radius 1 is 1.14 bits per heavy atom. The van der Waals surface area contributed by atoms with E-state index in [9.17, 15) is 14.4 Å². The Labute approximate surface area is 213 Å². The number of imide groups is 1. The van der Waals surface area contributed by atoms with E-state index in [1.54, 1.807) is 25.4 Å². The van der Waals surface area contributed by atoms with Crippen molar-refractivity contribution in [2.24, 2.45) is 17.8 Å². The maximum absolute atomic E-state index is 13.7. The summed E-state index contributed by atoms with van der Waals surface area (Å²) in [5.74, 6) is -0.314. The molecule has 0 bridgehead atoms. The minimum Gasteiger partial charge on any atom is -0.384 e. The van der Waals surface area contributed by atoms with Crippen LogP contribution in [0.15, 0.2) is 48.7 Å². The van der Waals surface area contributed by atoms with E-state index in [-0.39, 0.29) is 23.8 Å². The Morgan fingerprint density at radius 2 is 1.83 bits per heavy atom. The predicted molar refractivity (Wildman–Crippen MR) is 140 cm³/mol. The Morgan fingerprint density at radius 3 is 2.47 bits per heavy atom. The Kier molecular flexibility index (Phi) is 7.91. The van der Waals surface area contributed by atoms with E-state index >= 15 is 0 Å². The highest BCUT2D eigenvalue weighted by atomic mass is 16.2. The third-order valence-electron chi connectivity index (χ3n) is 7.63. The van der Waals surface area contributed by atoms with Crippen molar-refractivity contribution in [1.82, 2.24) is 15.2 Å². The number of hydrogen-bond donors (Lipinski definition) is 2. The molecular formula is C28H37N5O3. The first-order chi connectivity index (χ1) is 17.3. The van der Waals surface area contributed by atoms with Crippen LogP contribution in [0.2, 0.25) is 0 Å². The highest BCUT2D eigenvalue weighted by molar-refractivity contribution is 6.12. The number of nitrogens with one attached hydrogen (secondary N) is 1. The number of nitrogens with zero attached hydrogens (tertiary/aromatic N) is 3. The molecule has 8 nitrogen and oxygen atoms in total. The molecule has 3 atom stereocenters. The Balaban J connectivity index is 1.58. The molecule has 4 amide bonds. The number of carbonyl (C=O) groups is 3. The zero-order valence-corrected chi connectivity index (χ0v) is 21.4. The lowest BCUT2D eigenvalue weighted by molar-refractivity contribution is -0.156. The van der Waals surface area contributed by atoms with Crippen LogP contribution in [0.1, 0.15) is 51.5 Å². The highest BCUT2D eigenvalue weighted by Gasteiger charge is 2.55. The zero-order valence-electron chi connectivity index (χ0n) is 21.4. The van der Waals surface area contributed by atoms with Crippen LogP contribution < -0.4 is 16.0 Å². The van der Waals surface area contributed by atoms with Crippen LogP contribution in [-0.4, -0.2) is 46.9 Å². The largest absolute Gasteiger partial charge is 0.384 e. The number of likely N-dealkylation sites (N-methyl/N-ethyl adjacent to an activating group) is 1. The number of likely N-dealkylation sites (tertiary alicyclic amines) is 1. The number of pyridine rings is 1. The van der Waals surface area contributed by atoms with Crippen LogP contribution in [0, 0.1) is 17.8 Å². The number of anilines is 2. The first-order valence-corrected chi connectivity index (χ1v) is 12.9. The van der Waals surface area contributed by atoms with Gasteiger partial charge in [-0.25, -0.2) is 9.78 Å². The monoisotopic (exact) mass is 491 g/mol. The molecule has 8 heteroatoms. The van der Waals surface area contributed by atoms with Crippen molar-refractivity contribution in [2.45, 2.75) is 64.5 Å². The van der Waals surface area contributed by atoms with E-state index in [2.05, 4.69) is 24.1 Å². The lowest BCUT2D eigenvalue weighted by Gasteiger charge is -2.46. The second-order valence-corrected chi connectivity index (χ2v) is 10.4. The molecule has 2 aliphatic rings. The molecule has 4 rings (SSSR count). The lowest BCUT2D eigenvalue weighted by atomic mass is 9.79. The van der Waals surface area contributed by atoms with Crippen LogP contribution in [-0.2, 0) is 16.0 Å². The summed E-state index contributed by atoms with van der Waals surface area (Å²) in [5.41, 5.74) is 7.34. The smallest absolute Gasteiger partial charge is 0.325 e. The fourth-order valence-corrected chi connectivity index (χ4v) is 5.64. The first-order valence-electron chi connectivity index (χ1n) is 12.9. The lowest BCUT2D eigenvalue weighted by Crippen LogP contribution is -2.71. The number of hydrogen-bond acceptors (Lipinski definition) is 5. The summed E-state index contributed by atoms with van der Waals surface area (Å²) in [5, 5.41) is 3.14. The average molecular weight is 492 g/mol. The molecule has 192 valence electrons. The maximum Gasteiger partial charge on any atom is 0.325 e. The molecule has 1 saturated heterocycles. The maximum atomic E-state index is 13.7. The number of carbonyl (C=O) groups excluding carboxylic acids is 3. The molecule has 1 aromatic carbocycles. The molecule has 2 fully saturated rings. The van der Waals surface area contributed by atoms with Gasteiger partial charge in [-0.2, -0.15) is 0 Å². The number of benzene rings is 1. The summed E-state index contributed by atoms with van der Waals surface area (Å²) in [6, 6.07) is 11.3. The number of para-hydroxylation sites is 1. The minimum atomic E-state index is -0.892. The number of nitrogens with two attached hydrogens (primary N) is 1. The molecular weight excluding hydrogens is 454 g/mol. The van der Waals surface area contributed by atoms with E-state index in [4.69, 9.17) is 5.73 Å². The molecule has 36 heavy (non-hydrogen) atoms. The summed E-state index contributed by atoms with van der Waals surface area (Å²) < 4.78 is 0. The number of urea groups is 1. The second-order valence-electron chi connectivity index (χ2n) is 10.4. The van der Waals surface area contributed by atoms with Gasteiger partial charge in [-0.15, -0.1) is 0 Å². The quantitative estimate of drug-likeness (QED) is 0.569. The van der Waals surface area contributed by atoms with Crippen LogP contribution in [0.3, 0.4) is 0 Å². The normalized spacial score (nSPS) is 21.1. The van der Waals surface area contributed by atoms with Gasteiger partial charge in [-0.3, -0.25) is 14.5 Å². The van der Waals surface area contributed by atoms with Gasteiger partial charge in [0.15, 0.2) is 0 Å². The summed E-state index contributed by atoms with van der Waals surface area (Å²) in [7, 11) is 1.68. The molecule has 3 N–H and O–H groups in total. The van der Waals surface area contributed by atoms with E-state index < -0.39 is 18.0 Å². The Hall–Kier alpha value is -3.42. The van der Waals surface area contributed by atoms with Gasteiger partial charge in [-0.1, -0.05) is 51.3 Å². The molecule has 0 radical (unpaired) electrons. The van der Waals surface area contributed by atoms with Crippen molar-refractivity contribution in [1.29, 1.82) is 0 Å². The van der Waals surface area contributed by atoms with Crippen molar-refractivity contribution in [3.05, 3.63) is 54.2 Å². The minimum absolute atomic E-state index is 0.0350. The number of amides is 4. The molecule has 0 spiro atoms. The summed E-state index contributed by atoms with van der Waals surface area (Å²) >= 11 is 0. The molecule has 2 aromatic rings. The van der Waals surface area contributed by atoms with Gasteiger partial charge in [0.1, 0.15) is 11.9 Å². The SMILES string of the molecule is CC(C)[C@@H](NC(=O)N1C(=O)[C@H](Cc2ccnc(N)c2)[C@H]1C(=O)N(C)c1ccccc1)C1CCCCC1. The molecule has 1 saturated carbocycles. The fraction of sp³-hybridized carbons (Fsp3) is 0.500. The predicted octanol–water partition coefficient (Wildman–Crippen LogP) is 4.01. The molecule has 2 heterocycles. The van der Waals surface area contributed by atoms with E-state index in [1.165, 1.54) is 11.3 Å². The molecule has 0 unspecified atom stereocenters. The fourth-order valence-electron chi connectivity index (χ4n) is 5.64. The second kappa shape index (κ2) is 11.1. The van der Waals surface area contributed by atoms with Gasteiger partial charge >= 0.3 is 6.03 Å². The van der Waals surface area contributed by atoms with Crippen LogP contribution in [0.5, 0.6) is 0 Å². The van der Waals surface area contributed by atoms with Gasteiger partial charge in [0.25, 0.3) is 5.91 Å². The van der Waals surface area contributed by atoms with Gasteiger partial charge < -0.3 is 16.0 Å².